The summed E-state index contributed by atoms with van der Waals surface area (Å²) in [5.41, 5.74) is 6.34. The molecule has 0 aromatic heterocycles. The highest BCUT2D eigenvalue weighted by Gasteiger charge is 2.08. The fourth-order valence-corrected chi connectivity index (χ4v) is 1.31. The minimum absolute atomic E-state index is 0.237. The predicted molar refractivity (Wildman–Crippen MR) is 67.3 cm³/mol. The van der Waals surface area contributed by atoms with E-state index in [2.05, 4.69) is 0 Å². The molecule has 0 saturated heterocycles. The number of carbonyl (C=O) groups is 1. The molecule has 17 heavy (non-hydrogen) atoms. The first-order valence-electron chi connectivity index (χ1n) is 5.45. The molecule has 0 aliphatic carbocycles. The summed E-state index contributed by atoms with van der Waals surface area (Å²) in [5, 5.41) is 0.424. The highest BCUT2D eigenvalue weighted by molar-refractivity contribution is 6.33. The maximum Gasteiger partial charge on any atom is 0.338 e. The summed E-state index contributed by atoms with van der Waals surface area (Å²) >= 11 is 5.75. The van der Waals surface area contributed by atoms with Gasteiger partial charge in [0.15, 0.2) is 0 Å². The van der Waals surface area contributed by atoms with Crippen LogP contribution in [-0.4, -0.2) is 25.8 Å². The lowest BCUT2D eigenvalue weighted by Gasteiger charge is -2.06. The second-order valence-electron chi connectivity index (χ2n) is 3.48. The van der Waals surface area contributed by atoms with E-state index in [0.29, 0.717) is 29.5 Å². The van der Waals surface area contributed by atoms with Crippen LogP contribution in [0.25, 0.3) is 0 Å². The van der Waals surface area contributed by atoms with Crippen molar-refractivity contribution in [3.8, 4) is 0 Å². The normalized spacial score (nSPS) is 10.2. The van der Waals surface area contributed by atoms with Crippen molar-refractivity contribution >= 4 is 23.3 Å². The first-order valence-corrected chi connectivity index (χ1v) is 5.83. The smallest absolute Gasteiger partial charge is 0.338 e. The zero-order valence-corrected chi connectivity index (χ0v) is 10.5. The SMILES string of the molecule is CCCOCCOC(=O)c1ccc(Cl)c(N)c1. The third-order valence-electron chi connectivity index (χ3n) is 2.04. The van der Waals surface area contributed by atoms with E-state index >= 15 is 0 Å². The quantitative estimate of drug-likeness (QED) is 0.483. The minimum Gasteiger partial charge on any atom is -0.460 e. The van der Waals surface area contributed by atoms with Crippen LogP contribution in [0.2, 0.25) is 5.02 Å². The molecule has 1 rings (SSSR count). The average molecular weight is 258 g/mol. The second-order valence-corrected chi connectivity index (χ2v) is 3.89. The van der Waals surface area contributed by atoms with Gasteiger partial charge in [0.25, 0.3) is 0 Å². The van der Waals surface area contributed by atoms with E-state index in [4.69, 9.17) is 26.8 Å². The molecular weight excluding hydrogens is 242 g/mol. The van der Waals surface area contributed by atoms with Crippen LogP contribution in [0.5, 0.6) is 0 Å². The number of carbonyl (C=O) groups excluding carboxylic acids is 1. The van der Waals surface area contributed by atoms with Gasteiger partial charge in [0, 0.05) is 6.61 Å². The molecule has 1 aromatic carbocycles. The van der Waals surface area contributed by atoms with Gasteiger partial charge in [-0.2, -0.15) is 0 Å². The molecule has 0 atom stereocenters. The van der Waals surface area contributed by atoms with Crippen molar-refractivity contribution in [3.05, 3.63) is 28.8 Å². The first-order chi connectivity index (χ1) is 8.15. The molecule has 2 N–H and O–H groups in total. The van der Waals surface area contributed by atoms with Gasteiger partial charge >= 0.3 is 5.97 Å². The summed E-state index contributed by atoms with van der Waals surface area (Å²) in [5.74, 6) is -0.423. The summed E-state index contributed by atoms with van der Waals surface area (Å²) in [6.45, 7) is 3.33. The lowest BCUT2D eigenvalue weighted by Crippen LogP contribution is -2.11. The van der Waals surface area contributed by atoms with Gasteiger partial charge in [-0.15, -0.1) is 0 Å². The monoisotopic (exact) mass is 257 g/mol. The zero-order valence-electron chi connectivity index (χ0n) is 9.74. The van der Waals surface area contributed by atoms with Crippen LogP contribution < -0.4 is 5.73 Å². The Hall–Kier alpha value is -1.26. The third kappa shape index (κ3) is 4.63. The van der Waals surface area contributed by atoms with Crippen molar-refractivity contribution in [2.45, 2.75) is 13.3 Å². The van der Waals surface area contributed by atoms with Crippen molar-refractivity contribution in [3.63, 3.8) is 0 Å². The first kappa shape index (κ1) is 13.8. The average Bonchev–Trinajstić information content (AvgIpc) is 2.32. The number of hydrogen-bond donors (Lipinski definition) is 1. The molecule has 4 nitrogen and oxygen atoms in total. The topological polar surface area (TPSA) is 61.5 Å². The van der Waals surface area contributed by atoms with Crippen LogP contribution in [0.1, 0.15) is 23.7 Å². The Morgan fingerprint density at radius 2 is 2.12 bits per heavy atom. The minimum atomic E-state index is -0.423. The van der Waals surface area contributed by atoms with Crippen LogP contribution in [-0.2, 0) is 9.47 Å². The molecule has 0 fully saturated rings. The molecule has 0 amide bonds. The van der Waals surface area contributed by atoms with Crippen LogP contribution >= 0.6 is 11.6 Å². The Balaban J connectivity index is 2.39. The highest BCUT2D eigenvalue weighted by atomic mass is 35.5. The van der Waals surface area contributed by atoms with Gasteiger partial charge in [0.1, 0.15) is 6.61 Å². The van der Waals surface area contributed by atoms with Crippen molar-refractivity contribution < 1.29 is 14.3 Å². The van der Waals surface area contributed by atoms with Crippen LogP contribution in [0.4, 0.5) is 5.69 Å². The van der Waals surface area contributed by atoms with Crippen molar-refractivity contribution in [1.29, 1.82) is 0 Å². The molecule has 0 aliphatic heterocycles. The lowest BCUT2D eigenvalue weighted by molar-refractivity contribution is 0.0318. The lowest BCUT2D eigenvalue weighted by atomic mass is 10.2. The molecule has 94 valence electrons. The van der Waals surface area contributed by atoms with Crippen molar-refractivity contribution in [2.75, 3.05) is 25.6 Å². The highest BCUT2D eigenvalue weighted by Crippen LogP contribution is 2.19. The van der Waals surface area contributed by atoms with E-state index in [1.165, 1.54) is 6.07 Å². The summed E-state index contributed by atoms with van der Waals surface area (Å²) in [7, 11) is 0. The van der Waals surface area contributed by atoms with Gasteiger partial charge in [-0.05, 0) is 24.6 Å². The Labute approximate surface area is 106 Å². The number of halogens is 1. The molecule has 0 saturated carbocycles. The summed E-state index contributed by atoms with van der Waals surface area (Å²) in [4.78, 5) is 11.6. The Morgan fingerprint density at radius 1 is 1.35 bits per heavy atom. The number of nitrogen functional groups attached to an aromatic ring is 1. The van der Waals surface area contributed by atoms with Gasteiger partial charge < -0.3 is 15.2 Å². The van der Waals surface area contributed by atoms with E-state index in [9.17, 15) is 4.79 Å². The van der Waals surface area contributed by atoms with E-state index in [1.54, 1.807) is 12.1 Å². The predicted octanol–water partition coefficient (Wildman–Crippen LogP) is 2.51. The number of ether oxygens (including phenoxy) is 2. The zero-order chi connectivity index (χ0) is 12.7. The van der Waals surface area contributed by atoms with Gasteiger partial charge in [-0.1, -0.05) is 18.5 Å². The van der Waals surface area contributed by atoms with Crippen LogP contribution in [0, 0.1) is 0 Å². The molecule has 0 aliphatic rings. The molecule has 0 spiro atoms. The van der Waals surface area contributed by atoms with E-state index in [0.717, 1.165) is 6.42 Å². The fraction of sp³-hybridized carbons (Fsp3) is 0.417. The van der Waals surface area contributed by atoms with E-state index < -0.39 is 5.97 Å². The third-order valence-corrected chi connectivity index (χ3v) is 2.39. The van der Waals surface area contributed by atoms with E-state index in [1.807, 2.05) is 6.92 Å². The number of benzene rings is 1. The van der Waals surface area contributed by atoms with Gasteiger partial charge in [0.05, 0.1) is 22.9 Å². The summed E-state index contributed by atoms with van der Waals surface area (Å²) in [6.07, 6.45) is 0.946. The van der Waals surface area contributed by atoms with Crippen LogP contribution in [0.15, 0.2) is 18.2 Å². The van der Waals surface area contributed by atoms with Gasteiger partial charge in [-0.3, -0.25) is 0 Å². The summed E-state index contributed by atoms with van der Waals surface area (Å²) in [6, 6.07) is 4.65. The molecule has 0 radical (unpaired) electrons. The number of rotatable bonds is 6. The maximum atomic E-state index is 11.6. The maximum absolute atomic E-state index is 11.6. The molecular formula is C12H16ClNO3. The van der Waals surface area contributed by atoms with Gasteiger partial charge in [0.2, 0.25) is 0 Å². The van der Waals surface area contributed by atoms with Crippen LogP contribution in [0.3, 0.4) is 0 Å². The number of anilines is 1. The second kappa shape index (κ2) is 7.14. The molecule has 0 heterocycles. The summed E-state index contributed by atoms with van der Waals surface area (Å²) < 4.78 is 10.2. The number of nitrogens with two attached hydrogens (primary N) is 1. The molecule has 0 unspecified atom stereocenters. The Morgan fingerprint density at radius 3 is 2.76 bits per heavy atom. The molecule has 1 aromatic rings. The standard InChI is InChI=1S/C12H16ClNO3/c1-2-5-16-6-7-17-12(15)9-3-4-10(13)11(14)8-9/h3-4,8H,2,5-7,14H2,1H3. The molecule has 5 heteroatoms. The number of esters is 1. The number of hydrogen-bond acceptors (Lipinski definition) is 4. The van der Waals surface area contributed by atoms with Gasteiger partial charge in [-0.25, -0.2) is 4.79 Å². The van der Waals surface area contributed by atoms with E-state index in [-0.39, 0.29) is 6.61 Å². The molecule has 0 bridgehead atoms. The Bertz CT molecular complexity index is 382. The van der Waals surface area contributed by atoms with Crippen molar-refractivity contribution in [1.82, 2.24) is 0 Å². The fourth-order valence-electron chi connectivity index (χ4n) is 1.19. The Kier molecular flexibility index (Phi) is 5.80. The largest absolute Gasteiger partial charge is 0.460 e. The van der Waals surface area contributed by atoms with Crippen molar-refractivity contribution in [2.24, 2.45) is 0 Å².